The van der Waals surface area contributed by atoms with Gasteiger partial charge in [0.1, 0.15) is 0 Å². The molecule has 0 aliphatic heterocycles. The molecule has 5 nitrogen and oxygen atoms in total. The van der Waals surface area contributed by atoms with E-state index in [0.717, 1.165) is 0 Å². The molecule has 0 radical (unpaired) electrons. The first-order valence-corrected chi connectivity index (χ1v) is 7.43. The van der Waals surface area contributed by atoms with Gasteiger partial charge in [-0.05, 0) is 30.3 Å². The third-order valence-electron chi connectivity index (χ3n) is 2.97. The maximum atomic E-state index is 12.0. The van der Waals surface area contributed by atoms with E-state index < -0.39 is 5.97 Å². The Hall–Kier alpha value is -2.24. The number of amides is 1. The van der Waals surface area contributed by atoms with Crippen LogP contribution in [0.1, 0.15) is 10.4 Å². The van der Waals surface area contributed by atoms with Crippen molar-refractivity contribution in [3.8, 4) is 0 Å². The molecule has 0 atom stereocenters. The average molecular weight is 353 g/mol. The van der Waals surface area contributed by atoms with Crippen molar-refractivity contribution < 1.29 is 14.3 Å². The number of benzene rings is 2. The number of methoxy groups -OCH3 is 1. The Labute approximate surface area is 143 Å². The molecule has 7 heteroatoms. The number of carbonyl (C=O) groups is 2. The molecule has 0 saturated carbocycles. The van der Waals surface area contributed by atoms with E-state index in [1.54, 1.807) is 36.4 Å². The Morgan fingerprint density at radius 3 is 2.43 bits per heavy atom. The molecule has 0 fully saturated rings. The Balaban J connectivity index is 2.01. The highest BCUT2D eigenvalue weighted by Crippen LogP contribution is 2.24. The summed E-state index contributed by atoms with van der Waals surface area (Å²) in [4.78, 5) is 23.5. The summed E-state index contributed by atoms with van der Waals surface area (Å²) in [6.45, 7) is -0.0322. The average Bonchev–Trinajstić information content (AvgIpc) is 2.55. The zero-order valence-corrected chi connectivity index (χ0v) is 13.7. The molecule has 2 rings (SSSR count). The third kappa shape index (κ3) is 4.61. The van der Waals surface area contributed by atoms with E-state index in [0.29, 0.717) is 27.0 Å². The van der Waals surface area contributed by atoms with E-state index >= 15 is 0 Å². The third-order valence-corrected chi connectivity index (χ3v) is 3.63. The molecule has 2 aromatic rings. The monoisotopic (exact) mass is 352 g/mol. The predicted octanol–water partition coefficient (Wildman–Crippen LogP) is 3.83. The maximum Gasteiger partial charge on any atom is 0.337 e. The molecule has 0 aromatic heterocycles. The van der Waals surface area contributed by atoms with Crippen molar-refractivity contribution in [1.82, 2.24) is 0 Å². The molecule has 23 heavy (non-hydrogen) atoms. The van der Waals surface area contributed by atoms with Gasteiger partial charge < -0.3 is 15.4 Å². The van der Waals surface area contributed by atoms with Crippen LogP contribution in [0.4, 0.5) is 11.4 Å². The number of halogens is 2. The zero-order valence-electron chi connectivity index (χ0n) is 12.2. The van der Waals surface area contributed by atoms with Crippen molar-refractivity contribution in [3.05, 3.63) is 58.1 Å². The van der Waals surface area contributed by atoms with Crippen molar-refractivity contribution in [1.29, 1.82) is 0 Å². The second-order valence-electron chi connectivity index (χ2n) is 4.57. The minimum Gasteiger partial charge on any atom is -0.465 e. The van der Waals surface area contributed by atoms with E-state index in [1.165, 1.54) is 13.2 Å². The van der Waals surface area contributed by atoms with Gasteiger partial charge >= 0.3 is 5.97 Å². The molecule has 0 saturated heterocycles. The Morgan fingerprint density at radius 2 is 1.74 bits per heavy atom. The van der Waals surface area contributed by atoms with Crippen LogP contribution in [0, 0.1) is 0 Å². The Kier molecular flexibility index (Phi) is 5.84. The van der Waals surface area contributed by atoms with Crippen LogP contribution in [0.5, 0.6) is 0 Å². The van der Waals surface area contributed by atoms with E-state index in [1.807, 2.05) is 0 Å². The van der Waals surface area contributed by atoms with Gasteiger partial charge in [0.2, 0.25) is 5.91 Å². The summed E-state index contributed by atoms with van der Waals surface area (Å²) < 4.78 is 4.65. The summed E-state index contributed by atoms with van der Waals surface area (Å²) >= 11 is 12.0. The van der Waals surface area contributed by atoms with Crippen molar-refractivity contribution in [2.75, 3.05) is 24.3 Å². The minimum atomic E-state index is -0.481. The molecule has 0 aliphatic carbocycles. The molecule has 0 unspecified atom stereocenters. The van der Waals surface area contributed by atoms with Crippen LogP contribution in [0.3, 0.4) is 0 Å². The fraction of sp³-hybridized carbons (Fsp3) is 0.125. The first-order valence-electron chi connectivity index (χ1n) is 6.67. The lowest BCUT2D eigenvalue weighted by molar-refractivity contribution is -0.114. The molecule has 0 spiro atoms. The summed E-state index contributed by atoms with van der Waals surface area (Å²) in [6.07, 6.45) is 0. The van der Waals surface area contributed by atoms with Crippen LogP contribution in [0.15, 0.2) is 42.5 Å². The standard InChI is InChI=1S/C16H14Cl2N2O3/c1-23-16(22)10-6-7-12(18)14(8-10)19-9-15(21)20-13-5-3-2-4-11(13)17/h2-8,19H,9H2,1H3,(H,20,21). The summed E-state index contributed by atoms with van der Waals surface area (Å²) in [5, 5.41) is 6.40. The number of carbonyl (C=O) groups excluding carboxylic acids is 2. The largest absolute Gasteiger partial charge is 0.465 e. The van der Waals surface area contributed by atoms with Gasteiger partial charge in [0.05, 0.1) is 40.6 Å². The molecule has 1 amide bonds. The normalized spacial score (nSPS) is 10.0. The highest BCUT2D eigenvalue weighted by Gasteiger charge is 2.10. The predicted molar refractivity (Wildman–Crippen MR) is 91.4 cm³/mol. The molecular formula is C16H14Cl2N2O3. The van der Waals surface area contributed by atoms with E-state index in [2.05, 4.69) is 15.4 Å². The highest BCUT2D eigenvalue weighted by atomic mass is 35.5. The summed E-state index contributed by atoms with van der Waals surface area (Å²) in [5.41, 5.74) is 1.32. The molecule has 2 aromatic carbocycles. The molecule has 0 bridgehead atoms. The molecular weight excluding hydrogens is 339 g/mol. The quantitative estimate of drug-likeness (QED) is 0.802. The number of hydrogen-bond acceptors (Lipinski definition) is 4. The second kappa shape index (κ2) is 7.85. The van der Waals surface area contributed by atoms with Crippen molar-refractivity contribution >= 4 is 46.5 Å². The van der Waals surface area contributed by atoms with E-state index in [9.17, 15) is 9.59 Å². The van der Waals surface area contributed by atoms with Gasteiger partial charge in [-0.3, -0.25) is 4.79 Å². The molecule has 2 N–H and O–H groups in total. The number of ether oxygens (including phenoxy) is 1. The zero-order chi connectivity index (χ0) is 16.8. The van der Waals surface area contributed by atoms with Crippen molar-refractivity contribution in [3.63, 3.8) is 0 Å². The lowest BCUT2D eigenvalue weighted by atomic mass is 10.2. The van der Waals surface area contributed by atoms with Crippen LogP contribution in [-0.4, -0.2) is 25.5 Å². The first-order chi connectivity index (χ1) is 11.0. The van der Waals surface area contributed by atoms with Crippen molar-refractivity contribution in [2.24, 2.45) is 0 Å². The van der Waals surface area contributed by atoms with Crippen LogP contribution >= 0.6 is 23.2 Å². The van der Waals surface area contributed by atoms with Crippen LogP contribution in [0.25, 0.3) is 0 Å². The van der Waals surface area contributed by atoms with Crippen molar-refractivity contribution in [2.45, 2.75) is 0 Å². The fourth-order valence-electron chi connectivity index (χ4n) is 1.84. The second-order valence-corrected chi connectivity index (χ2v) is 5.38. The molecule has 120 valence electrons. The number of nitrogens with one attached hydrogen (secondary N) is 2. The summed E-state index contributed by atoms with van der Waals surface area (Å²) in [6, 6.07) is 11.6. The maximum absolute atomic E-state index is 12.0. The van der Waals surface area contributed by atoms with Gasteiger partial charge in [0.25, 0.3) is 0 Å². The summed E-state index contributed by atoms with van der Waals surface area (Å²) in [7, 11) is 1.29. The highest BCUT2D eigenvalue weighted by molar-refractivity contribution is 6.34. The number of hydrogen-bond donors (Lipinski definition) is 2. The molecule has 0 heterocycles. The van der Waals surface area contributed by atoms with Crippen LogP contribution < -0.4 is 10.6 Å². The number of rotatable bonds is 5. The number of para-hydroxylation sites is 1. The number of esters is 1. The fourth-order valence-corrected chi connectivity index (χ4v) is 2.21. The SMILES string of the molecule is COC(=O)c1ccc(Cl)c(NCC(=O)Nc2ccccc2Cl)c1. The lowest BCUT2D eigenvalue weighted by Crippen LogP contribution is -2.22. The van der Waals surface area contributed by atoms with Gasteiger partial charge in [0, 0.05) is 0 Å². The number of anilines is 2. The van der Waals surface area contributed by atoms with Gasteiger partial charge in [-0.25, -0.2) is 4.79 Å². The Morgan fingerprint density at radius 1 is 1.04 bits per heavy atom. The van der Waals surface area contributed by atoms with Gasteiger partial charge in [0.15, 0.2) is 0 Å². The van der Waals surface area contributed by atoms with E-state index in [-0.39, 0.29) is 12.5 Å². The van der Waals surface area contributed by atoms with Crippen LogP contribution in [-0.2, 0) is 9.53 Å². The van der Waals surface area contributed by atoms with Gasteiger partial charge in [-0.2, -0.15) is 0 Å². The first kappa shape index (κ1) is 17.1. The molecule has 0 aliphatic rings. The van der Waals surface area contributed by atoms with Crippen LogP contribution in [0.2, 0.25) is 10.0 Å². The minimum absolute atomic E-state index is 0.0322. The lowest BCUT2D eigenvalue weighted by Gasteiger charge is -2.11. The Bertz CT molecular complexity index is 735. The summed E-state index contributed by atoms with van der Waals surface area (Å²) in [5.74, 6) is -0.775. The van der Waals surface area contributed by atoms with Gasteiger partial charge in [-0.1, -0.05) is 35.3 Å². The van der Waals surface area contributed by atoms with Gasteiger partial charge in [-0.15, -0.1) is 0 Å². The smallest absolute Gasteiger partial charge is 0.337 e. The topological polar surface area (TPSA) is 67.4 Å². The van der Waals surface area contributed by atoms with E-state index in [4.69, 9.17) is 23.2 Å².